The Morgan fingerprint density at radius 2 is 2.06 bits per heavy atom. The number of guanidine groups is 1. The first kappa shape index (κ1) is 16.3. The second-order valence-electron chi connectivity index (χ2n) is 4.16. The van der Waals surface area contributed by atoms with Gasteiger partial charge in [0.2, 0.25) is 0 Å². The Bertz CT molecular complexity index is 372. The van der Waals surface area contributed by atoms with Crippen LogP contribution in [0, 0.1) is 13.8 Å². The Labute approximate surface area is 120 Å². The zero-order valence-corrected chi connectivity index (χ0v) is 13.5. The second-order valence-corrected chi connectivity index (χ2v) is 4.16. The first-order valence-corrected chi connectivity index (χ1v) is 5.56. The fourth-order valence-corrected chi connectivity index (χ4v) is 1.51. The Balaban J connectivity index is 0.00000256. The van der Waals surface area contributed by atoms with E-state index in [0.29, 0.717) is 6.04 Å². The first-order chi connectivity index (χ1) is 7.52. The van der Waals surface area contributed by atoms with Crippen LogP contribution in [0.25, 0.3) is 0 Å². The molecule has 0 saturated heterocycles. The highest BCUT2D eigenvalue weighted by molar-refractivity contribution is 14.0. The van der Waals surface area contributed by atoms with Crippen LogP contribution in [0.15, 0.2) is 15.5 Å². The zero-order chi connectivity index (χ0) is 12.1. The lowest BCUT2D eigenvalue weighted by Crippen LogP contribution is -2.40. The van der Waals surface area contributed by atoms with Crippen LogP contribution in [0.2, 0.25) is 0 Å². The van der Waals surface area contributed by atoms with Gasteiger partial charge in [0.15, 0.2) is 5.96 Å². The summed E-state index contributed by atoms with van der Waals surface area (Å²) in [5, 5.41) is 6.48. The summed E-state index contributed by atoms with van der Waals surface area (Å²) >= 11 is 0. The zero-order valence-electron chi connectivity index (χ0n) is 11.1. The maximum atomic E-state index is 5.46. The van der Waals surface area contributed by atoms with Crippen LogP contribution >= 0.6 is 24.0 Å². The van der Waals surface area contributed by atoms with E-state index in [2.05, 4.69) is 29.5 Å². The highest BCUT2D eigenvalue weighted by Crippen LogP contribution is 2.12. The fraction of sp³-hybridized carbons (Fsp3) is 0.583. The molecule has 0 atom stereocenters. The molecule has 1 aromatic rings. The average molecular weight is 351 g/mol. The molecule has 0 unspecified atom stereocenters. The molecule has 0 spiro atoms. The van der Waals surface area contributed by atoms with E-state index >= 15 is 0 Å². The van der Waals surface area contributed by atoms with Gasteiger partial charge in [-0.2, -0.15) is 0 Å². The molecule has 2 N–H and O–H groups in total. The van der Waals surface area contributed by atoms with Crippen molar-refractivity contribution < 1.29 is 4.42 Å². The molecule has 17 heavy (non-hydrogen) atoms. The normalized spacial score (nSPS) is 11.3. The van der Waals surface area contributed by atoms with Crippen molar-refractivity contribution in [1.82, 2.24) is 10.6 Å². The molecule has 1 heterocycles. The van der Waals surface area contributed by atoms with Crippen LogP contribution in [0.4, 0.5) is 0 Å². The molecule has 0 aliphatic carbocycles. The van der Waals surface area contributed by atoms with Crippen LogP contribution < -0.4 is 10.6 Å². The highest BCUT2D eigenvalue weighted by Gasteiger charge is 2.05. The number of nitrogens with one attached hydrogen (secondary N) is 2. The van der Waals surface area contributed by atoms with E-state index in [-0.39, 0.29) is 24.0 Å². The van der Waals surface area contributed by atoms with Crippen molar-refractivity contribution in [1.29, 1.82) is 0 Å². The molecule has 0 aliphatic rings. The first-order valence-electron chi connectivity index (χ1n) is 5.56. The van der Waals surface area contributed by atoms with Gasteiger partial charge in [-0.15, -0.1) is 24.0 Å². The lowest BCUT2D eigenvalue weighted by molar-refractivity contribution is 0.500. The van der Waals surface area contributed by atoms with E-state index in [1.54, 1.807) is 7.05 Å². The van der Waals surface area contributed by atoms with E-state index in [1.807, 2.05) is 19.9 Å². The largest absolute Gasteiger partial charge is 0.466 e. The minimum absolute atomic E-state index is 0. The summed E-state index contributed by atoms with van der Waals surface area (Å²) in [6.45, 7) is 8.83. The summed E-state index contributed by atoms with van der Waals surface area (Å²) in [4.78, 5) is 4.14. The van der Waals surface area contributed by atoms with Gasteiger partial charge in [0.1, 0.15) is 11.5 Å². The summed E-state index contributed by atoms with van der Waals surface area (Å²) in [6, 6.07) is 2.42. The smallest absolute Gasteiger partial charge is 0.191 e. The molecule has 4 nitrogen and oxygen atoms in total. The third kappa shape index (κ3) is 5.43. The van der Waals surface area contributed by atoms with Crippen molar-refractivity contribution in [2.24, 2.45) is 4.99 Å². The number of aliphatic imine (C=N–C) groups is 1. The van der Waals surface area contributed by atoms with Gasteiger partial charge in [-0.05, 0) is 33.8 Å². The maximum Gasteiger partial charge on any atom is 0.191 e. The molecule has 1 rings (SSSR count). The van der Waals surface area contributed by atoms with Gasteiger partial charge in [0, 0.05) is 25.2 Å². The average Bonchev–Trinajstić information content (AvgIpc) is 2.51. The molecule has 0 fully saturated rings. The second kappa shape index (κ2) is 7.58. The SMILES string of the molecule is CN=C(NCc1cc(C)oc1C)NC(C)C.I. The quantitative estimate of drug-likeness (QED) is 0.500. The van der Waals surface area contributed by atoms with Crippen molar-refractivity contribution in [3.05, 3.63) is 23.2 Å². The van der Waals surface area contributed by atoms with Crippen molar-refractivity contribution in [3.8, 4) is 0 Å². The molecule has 98 valence electrons. The molecule has 1 aromatic heterocycles. The molecule has 0 amide bonds. The van der Waals surface area contributed by atoms with Gasteiger partial charge >= 0.3 is 0 Å². The lowest BCUT2D eigenvalue weighted by Gasteiger charge is -2.13. The van der Waals surface area contributed by atoms with Gasteiger partial charge in [0.25, 0.3) is 0 Å². The molecular weight excluding hydrogens is 329 g/mol. The van der Waals surface area contributed by atoms with E-state index in [9.17, 15) is 0 Å². The summed E-state index contributed by atoms with van der Waals surface area (Å²) in [7, 11) is 1.77. The molecule has 0 aliphatic heterocycles. The summed E-state index contributed by atoms with van der Waals surface area (Å²) in [5.74, 6) is 2.72. The number of halogens is 1. The van der Waals surface area contributed by atoms with Gasteiger partial charge in [-0.3, -0.25) is 4.99 Å². The van der Waals surface area contributed by atoms with E-state index < -0.39 is 0 Å². The summed E-state index contributed by atoms with van der Waals surface area (Å²) < 4.78 is 5.46. The molecule has 0 bridgehead atoms. The summed E-state index contributed by atoms with van der Waals surface area (Å²) in [5.41, 5.74) is 1.17. The standard InChI is InChI=1S/C12H21N3O.HI/c1-8(2)15-12(13-5)14-7-11-6-9(3)16-10(11)4;/h6,8H,7H2,1-5H3,(H2,13,14,15);1H. The number of hydrogen-bond donors (Lipinski definition) is 2. The summed E-state index contributed by atoms with van der Waals surface area (Å²) in [6.07, 6.45) is 0. The Kier molecular flexibility index (Phi) is 7.26. The minimum Gasteiger partial charge on any atom is -0.466 e. The van der Waals surface area contributed by atoms with Crippen LogP contribution in [0.5, 0.6) is 0 Å². The van der Waals surface area contributed by atoms with E-state index in [4.69, 9.17) is 4.42 Å². The van der Waals surface area contributed by atoms with Crippen molar-refractivity contribution in [3.63, 3.8) is 0 Å². The molecule has 0 radical (unpaired) electrons. The lowest BCUT2D eigenvalue weighted by atomic mass is 10.2. The van der Waals surface area contributed by atoms with Crippen LogP contribution in [0.1, 0.15) is 30.9 Å². The van der Waals surface area contributed by atoms with Gasteiger partial charge in [-0.1, -0.05) is 0 Å². The highest BCUT2D eigenvalue weighted by atomic mass is 127. The van der Waals surface area contributed by atoms with Gasteiger partial charge < -0.3 is 15.1 Å². The third-order valence-corrected chi connectivity index (χ3v) is 2.24. The van der Waals surface area contributed by atoms with Crippen LogP contribution in [0.3, 0.4) is 0 Å². The maximum absolute atomic E-state index is 5.46. The number of hydrogen-bond acceptors (Lipinski definition) is 2. The Morgan fingerprint density at radius 3 is 2.47 bits per heavy atom. The van der Waals surface area contributed by atoms with Crippen LogP contribution in [-0.4, -0.2) is 19.0 Å². The molecular formula is C12H22IN3O. The van der Waals surface area contributed by atoms with E-state index in [1.165, 1.54) is 5.56 Å². The van der Waals surface area contributed by atoms with Crippen molar-refractivity contribution >= 4 is 29.9 Å². The topological polar surface area (TPSA) is 49.6 Å². The van der Waals surface area contributed by atoms with Crippen LogP contribution in [-0.2, 0) is 6.54 Å². The number of rotatable bonds is 3. The van der Waals surface area contributed by atoms with E-state index in [0.717, 1.165) is 24.0 Å². The Morgan fingerprint density at radius 1 is 1.41 bits per heavy atom. The van der Waals surface area contributed by atoms with Gasteiger partial charge in [-0.25, -0.2) is 0 Å². The number of aryl methyl sites for hydroxylation is 2. The predicted molar refractivity (Wildman–Crippen MR) is 82.1 cm³/mol. The molecule has 0 aromatic carbocycles. The fourth-order valence-electron chi connectivity index (χ4n) is 1.51. The van der Waals surface area contributed by atoms with Crippen molar-refractivity contribution in [2.45, 2.75) is 40.3 Å². The molecule has 5 heteroatoms. The number of furan rings is 1. The number of nitrogens with zero attached hydrogens (tertiary/aromatic N) is 1. The van der Waals surface area contributed by atoms with Gasteiger partial charge in [0.05, 0.1) is 0 Å². The van der Waals surface area contributed by atoms with Crippen molar-refractivity contribution in [2.75, 3.05) is 7.05 Å². The minimum atomic E-state index is 0. The third-order valence-electron chi connectivity index (χ3n) is 2.24. The molecule has 0 saturated carbocycles. The predicted octanol–water partition coefficient (Wildman–Crippen LogP) is 2.59. The Hall–Kier alpha value is -0.720. The monoisotopic (exact) mass is 351 g/mol.